The molecule has 0 aliphatic carbocycles. The molecule has 3 rings (SSSR count). The zero-order chi connectivity index (χ0) is 20.1. The molecule has 28 heavy (non-hydrogen) atoms. The van der Waals surface area contributed by atoms with Crippen molar-refractivity contribution >= 4 is 39.8 Å². The van der Waals surface area contributed by atoms with Crippen molar-refractivity contribution in [2.24, 2.45) is 5.73 Å². The summed E-state index contributed by atoms with van der Waals surface area (Å²) in [5, 5.41) is 3.38. The van der Waals surface area contributed by atoms with E-state index in [1.54, 1.807) is 6.07 Å². The van der Waals surface area contributed by atoms with Gasteiger partial charge in [-0.05, 0) is 29.2 Å². The maximum absolute atomic E-state index is 13.1. The number of amides is 2. The van der Waals surface area contributed by atoms with Gasteiger partial charge >= 0.3 is 0 Å². The third-order valence-corrected chi connectivity index (χ3v) is 5.60. The number of benzene rings is 2. The van der Waals surface area contributed by atoms with Gasteiger partial charge in [0.05, 0.1) is 5.56 Å². The summed E-state index contributed by atoms with van der Waals surface area (Å²) in [4.78, 5) is 26.0. The maximum Gasteiger partial charge on any atom is 0.256 e. The van der Waals surface area contributed by atoms with Gasteiger partial charge in [-0.1, -0.05) is 74.5 Å². The first-order valence-corrected chi connectivity index (χ1v) is 9.84. The number of thiophene rings is 1. The van der Waals surface area contributed by atoms with E-state index in [-0.39, 0.29) is 11.8 Å². The number of hydrogen-bond donors (Lipinski definition) is 2. The van der Waals surface area contributed by atoms with Crippen LogP contribution in [0.15, 0.2) is 66.7 Å². The van der Waals surface area contributed by atoms with E-state index < -0.39 is 5.91 Å². The second-order valence-corrected chi connectivity index (χ2v) is 7.78. The molecule has 1 aromatic heterocycles. The Morgan fingerprint density at radius 1 is 1.00 bits per heavy atom. The Hall–Kier alpha value is -3.18. The Labute approximate surface area is 168 Å². The van der Waals surface area contributed by atoms with E-state index >= 15 is 0 Å². The summed E-state index contributed by atoms with van der Waals surface area (Å²) in [6, 6.07) is 20.9. The lowest BCUT2D eigenvalue weighted by Crippen LogP contribution is -2.17. The number of anilines is 1. The van der Waals surface area contributed by atoms with Crippen molar-refractivity contribution in [3.05, 3.63) is 88.3 Å². The van der Waals surface area contributed by atoms with Crippen LogP contribution in [0.2, 0.25) is 0 Å². The van der Waals surface area contributed by atoms with Gasteiger partial charge in [0.2, 0.25) is 0 Å². The number of nitrogens with two attached hydrogens (primary N) is 1. The molecule has 3 N–H and O–H groups in total. The molecule has 0 bridgehead atoms. The maximum atomic E-state index is 13.1. The number of rotatable bonds is 6. The predicted octanol–water partition coefficient (Wildman–Crippen LogP) is 5.15. The van der Waals surface area contributed by atoms with Gasteiger partial charge in [-0.25, -0.2) is 0 Å². The Morgan fingerprint density at radius 3 is 2.18 bits per heavy atom. The van der Waals surface area contributed by atoms with Crippen LogP contribution in [0.3, 0.4) is 0 Å². The highest BCUT2D eigenvalue weighted by molar-refractivity contribution is 7.16. The van der Waals surface area contributed by atoms with E-state index in [1.165, 1.54) is 11.3 Å². The monoisotopic (exact) mass is 390 g/mol. The Morgan fingerprint density at radius 2 is 1.61 bits per heavy atom. The highest BCUT2D eigenvalue weighted by Gasteiger charge is 2.20. The Kier molecular flexibility index (Phi) is 6.06. The van der Waals surface area contributed by atoms with Crippen molar-refractivity contribution in [3.63, 3.8) is 0 Å². The minimum absolute atomic E-state index is 0.238. The molecular weight excluding hydrogens is 368 g/mol. The van der Waals surface area contributed by atoms with Crippen LogP contribution in [0.4, 0.5) is 5.00 Å². The number of hydrogen-bond acceptors (Lipinski definition) is 3. The molecule has 0 unspecified atom stereocenters. The molecule has 4 nitrogen and oxygen atoms in total. The van der Waals surface area contributed by atoms with Gasteiger partial charge < -0.3 is 11.1 Å². The molecule has 2 aromatic carbocycles. The van der Waals surface area contributed by atoms with E-state index in [0.29, 0.717) is 16.1 Å². The van der Waals surface area contributed by atoms with Crippen molar-refractivity contribution in [2.75, 3.05) is 5.32 Å². The van der Waals surface area contributed by atoms with Gasteiger partial charge in [0.25, 0.3) is 11.8 Å². The van der Waals surface area contributed by atoms with Crippen molar-refractivity contribution in [1.82, 2.24) is 0 Å². The van der Waals surface area contributed by atoms with Gasteiger partial charge in [-0.3, -0.25) is 9.59 Å². The summed E-state index contributed by atoms with van der Waals surface area (Å²) in [5.41, 5.74) is 8.09. The first-order valence-electron chi connectivity index (χ1n) is 9.02. The Bertz CT molecular complexity index is 1010. The van der Waals surface area contributed by atoms with Crippen LogP contribution in [0.1, 0.15) is 46.1 Å². The molecule has 0 radical (unpaired) electrons. The van der Waals surface area contributed by atoms with Crippen LogP contribution >= 0.6 is 11.3 Å². The van der Waals surface area contributed by atoms with E-state index in [4.69, 9.17) is 5.73 Å². The zero-order valence-electron chi connectivity index (χ0n) is 15.8. The van der Waals surface area contributed by atoms with Gasteiger partial charge in [-0.15, -0.1) is 11.3 Å². The van der Waals surface area contributed by atoms with Gasteiger partial charge in [0.15, 0.2) is 0 Å². The molecule has 0 fully saturated rings. The average Bonchev–Trinajstić information content (AvgIpc) is 3.12. The van der Waals surface area contributed by atoms with Gasteiger partial charge in [0, 0.05) is 10.5 Å². The second-order valence-electron chi connectivity index (χ2n) is 6.70. The van der Waals surface area contributed by atoms with Crippen LogP contribution in [0, 0.1) is 0 Å². The fraction of sp³-hybridized carbons (Fsp3) is 0.130. The van der Waals surface area contributed by atoms with Crippen molar-refractivity contribution in [3.8, 4) is 0 Å². The molecule has 5 heteroatoms. The topological polar surface area (TPSA) is 72.2 Å². The van der Waals surface area contributed by atoms with Crippen LogP contribution in [0.5, 0.6) is 0 Å². The van der Waals surface area contributed by atoms with Crippen LogP contribution in [0.25, 0.3) is 11.6 Å². The molecular formula is C23H22N2O2S. The smallest absolute Gasteiger partial charge is 0.256 e. The molecule has 1 heterocycles. The van der Waals surface area contributed by atoms with E-state index in [9.17, 15) is 9.59 Å². The molecule has 0 saturated carbocycles. The second kappa shape index (κ2) is 8.67. The Balaban J connectivity index is 1.99. The van der Waals surface area contributed by atoms with E-state index in [2.05, 4.69) is 5.32 Å². The van der Waals surface area contributed by atoms with Crippen molar-refractivity contribution in [2.45, 2.75) is 19.8 Å². The number of nitrogens with one attached hydrogen (secondary N) is 1. The summed E-state index contributed by atoms with van der Waals surface area (Å²) in [5.74, 6) is -0.594. The quantitative estimate of drug-likeness (QED) is 0.451. The fourth-order valence-electron chi connectivity index (χ4n) is 2.75. The van der Waals surface area contributed by atoms with Crippen LogP contribution in [-0.4, -0.2) is 11.8 Å². The highest BCUT2D eigenvalue weighted by Crippen LogP contribution is 2.33. The minimum atomic E-state index is -0.549. The number of primary amides is 1. The molecule has 0 aliphatic rings. The molecule has 0 aliphatic heterocycles. The first kappa shape index (κ1) is 19.6. The third-order valence-electron chi connectivity index (χ3n) is 4.25. The fourth-order valence-corrected chi connectivity index (χ4v) is 3.82. The first-order chi connectivity index (χ1) is 13.5. The molecule has 0 spiro atoms. The van der Waals surface area contributed by atoms with Crippen LogP contribution in [-0.2, 0) is 4.79 Å². The minimum Gasteiger partial charge on any atom is -0.366 e. The van der Waals surface area contributed by atoms with Crippen LogP contribution < -0.4 is 11.1 Å². The third kappa shape index (κ3) is 4.56. The predicted molar refractivity (Wildman–Crippen MR) is 116 cm³/mol. The standard InChI is InChI=1S/C23H22N2O2S/c1-15(2)20-14-19(21(24)26)23(28-20)25-22(27)18(17-11-7-4-8-12-17)13-16-9-5-3-6-10-16/h3-15H,1-2H3,(H2,24,26)(H,25,27)/b18-13+. The summed E-state index contributed by atoms with van der Waals surface area (Å²) < 4.78 is 0. The zero-order valence-corrected chi connectivity index (χ0v) is 16.6. The largest absolute Gasteiger partial charge is 0.366 e. The van der Waals surface area contributed by atoms with E-state index in [0.717, 1.165) is 16.0 Å². The molecule has 3 aromatic rings. The van der Waals surface area contributed by atoms with E-state index in [1.807, 2.05) is 80.6 Å². The average molecular weight is 391 g/mol. The van der Waals surface area contributed by atoms with Crippen molar-refractivity contribution < 1.29 is 9.59 Å². The molecule has 0 saturated heterocycles. The molecule has 0 atom stereocenters. The lowest BCUT2D eigenvalue weighted by molar-refractivity contribution is -0.111. The normalized spacial score (nSPS) is 11.5. The lowest BCUT2D eigenvalue weighted by Gasteiger charge is -2.10. The SMILES string of the molecule is CC(C)c1cc(C(N)=O)c(NC(=O)/C(=C/c2ccccc2)c2ccccc2)s1. The van der Waals surface area contributed by atoms with Gasteiger partial charge in [0.1, 0.15) is 5.00 Å². The summed E-state index contributed by atoms with van der Waals surface area (Å²) in [6.07, 6.45) is 1.84. The summed E-state index contributed by atoms with van der Waals surface area (Å²) in [7, 11) is 0. The molecule has 142 valence electrons. The molecule has 2 amide bonds. The van der Waals surface area contributed by atoms with Gasteiger partial charge in [-0.2, -0.15) is 0 Å². The van der Waals surface area contributed by atoms with Crippen molar-refractivity contribution in [1.29, 1.82) is 0 Å². The highest BCUT2D eigenvalue weighted by atomic mass is 32.1. The lowest BCUT2D eigenvalue weighted by atomic mass is 10.0. The number of carbonyl (C=O) groups excluding carboxylic acids is 2. The summed E-state index contributed by atoms with van der Waals surface area (Å²) >= 11 is 1.38. The summed E-state index contributed by atoms with van der Waals surface area (Å²) in [6.45, 7) is 4.07. The number of carbonyl (C=O) groups is 2.